The van der Waals surface area contributed by atoms with E-state index in [1.54, 1.807) is 0 Å². The van der Waals surface area contributed by atoms with Crippen LogP contribution in [0.15, 0.2) is 59.6 Å². The summed E-state index contributed by atoms with van der Waals surface area (Å²) in [6.45, 7) is 9.93. The molecule has 1 atom stereocenters. The summed E-state index contributed by atoms with van der Waals surface area (Å²) in [5, 5.41) is 7.09. The molecule has 2 aliphatic heterocycles. The molecule has 0 bridgehead atoms. The first-order chi connectivity index (χ1) is 16.3. The van der Waals surface area contributed by atoms with Gasteiger partial charge in [-0.25, -0.2) is 0 Å². The minimum atomic E-state index is 0.674. The number of ether oxygens (including phenoxy) is 1. The summed E-state index contributed by atoms with van der Waals surface area (Å²) < 4.78 is 5.49. The molecule has 1 unspecified atom stereocenters. The lowest BCUT2D eigenvalue weighted by Gasteiger charge is -2.27. The zero-order valence-electron chi connectivity index (χ0n) is 20.0. The molecule has 0 aromatic heterocycles. The van der Waals surface area contributed by atoms with Gasteiger partial charge in [-0.15, -0.1) is 0 Å². The molecular weight excluding hydrogens is 410 g/mol. The Hall–Kier alpha value is -2.41. The topological polar surface area (TPSA) is 52.1 Å². The number of hydrogen-bond donors (Lipinski definition) is 2. The summed E-state index contributed by atoms with van der Waals surface area (Å²) in [7, 11) is 1.86. The van der Waals surface area contributed by atoms with E-state index in [1.165, 1.54) is 36.2 Å². The van der Waals surface area contributed by atoms with Crippen LogP contribution in [0.3, 0.4) is 0 Å². The number of hydrogen-bond acceptors (Lipinski definition) is 4. The summed E-state index contributed by atoms with van der Waals surface area (Å²) in [5.74, 6) is 1.56. The van der Waals surface area contributed by atoms with Gasteiger partial charge < -0.3 is 20.3 Å². The van der Waals surface area contributed by atoms with Crippen molar-refractivity contribution in [1.82, 2.24) is 20.4 Å². The van der Waals surface area contributed by atoms with Crippen LogP contribution in [0.25, 0.3) is 0 Å². The predicted molar refractivity (Wildman–Crippen MR) is 135 cm³/mol. The highest BCUT2D eigenvalue weighted by atomic mass is 16.5. The lowest BCUT2D eigenvalue weighted by molar-refractivity contribution is 0.0341. The fraction of sp³-hybridized carbons (Fsp3) is 0.519. The average molecular weight is 450 g/mol. The van der Waals surface area contributed by atoms with Crippen molar-refractivity contribution in [3.8, 4) is 0 Å². The van der Waals surface area contributed by atoms with E-state index in [4.69, 9.17) is 4.74 Å². The molecule has 2 heterocycles. The van der Waals surface area contributed by atoms with Crippen LogP contribution in [0.1, 0.15) is 23.1 Å². The molecule has 178 valence electrons. The van der Waals surface area contributed by atoms with Crippen molar-refractivity contribution in [2.24, 2.45) is 10.9 Å². The first-order valence-electron chi connectivity index (χ1n) is 12.4. The van der Waals surface area contributed by atoms with Crippen molar-refractivity contribution in [1.29, 1.82) is 0 Å². The maximum atomic E-state index is 5.49. The molecular formula is C27H39N5O. The largest absolute Gasteiger partial charge is 0.379 e. The number of aliphatic imine (C=N–C) groups is 1. The van der Waals surface area contributed by atoms with Crippen LogP contribution < -0.4 is 10.6 Å². The maximum absolute atomic E-state index is 5.49. The molecule has 2 fully saturated rings. The van der Waals surface area contributed by atoms with Crippen molar-refractivity contribution >= 4 is 5.96 Å². The number of nitrogens with one attached hydrogen (secondary N) is 2. The van der Waals surface area contributed by atoms with Crippen LogP contribution >= 0.6 is 0 Å². The van der Waals surface area contributed by atoms with Gasteiger partial charge in [-0.3, -0.25) is 9.89 Å². The van der Waals surface area contributed by atoms with E-state index < -0.39 is 0 Å². The second-order valence-electron chi connectivity index (χ2n) is 9.15. The highest BCUT2D eigenvalue weighted by Gasteiger charge is 2.22. The van der Waals surface area contributed by atoms with Crippen molar-refractivity contribution in [3.05, 3.63) is 71.3 Å². The van der Waals surface area contributed by atoms with Gasteiger partial charge in [-0.1, -0.05) is 54.6 Å². The number of nitrogens with zero attached hydrogens (tertiary/aromatic N) is 3. The molecule has 0 spiro atoms. The summed E-state index contributed by atoms with van der Waals surface area (Å²) in [4.78, 5) is 9.52. The Morgan fingerprint density at radius 1 is 0.939 bits per heavy atom. The molecule has 2 saturated heterocycles. The average Bonchev–Trinajstić information content (AvgIpc) is 3.33. The normalized spacial score (nSPS) is 20.2. The van der Waals surface area contributed by atoms with Crippen LogP contribution in [0.2, 0.25) is 0 Å². The molecule has 33 heavy (non-hydrogen) atoms. The smallest absolute Gasteiger partial charge is 0.191 e. The fourth-order valence-electron chi connectivity index (χ4n) is 4.74. The molecule has 2 aliphatic rings. The van der Waals surface area contributed by atoms with Crippen LogP contribution in [0, 0.1) is 5.92 Å². The van der Waals surface area contributed by atoms with Crippen molar-refractivity contribution in [3.63, 3.8) is 0 Å². The third kappa shape index (κ3) is 7.56. The molecule has 0 amide bonds. The van der Waals surface area contributed by atoms with E-state index in [9.17, 15) is 0 Å². The summed E-state index contributed by atoms with van der Waals surface area (Å²) in [6.07, 6.45) is 2.38. The van der Waals surface area contributed by atoms with Gasteiger partial charge in [0.05, 0.1) is 13.2 Å². The van der Waals surface area contributed by atoms with Gasteiger partial charge in [0.15, 0.2) is 5.96 Å². The standard InChI is InChI=1S/C27H39N5O/c1-28-27(29-19-24-12-14-31(21-24)13-11-23-7-3-2-4-8-23)30-20-25-9-5-6-10-26(25)22-32-15-17-33-18-16-32/h2-10,24H,11-22H2,1H3,(H2,28,29,30). The third-order valence-corrected chi connectivity index (χ3v) is 6.77. The summed E-state index contributed by atoms with van der Waals surface area (Å²) in [6, 6.07) is 19.5. The van der Waals surface area contributed by atoms with Crippen LogP contribution in [-0.2, 0) is 24.2 Å². The monoisotopic (exact) mass is 449 g/mol. The first-order valence-corrected chi connectivity index (χ1v) is 12.4. The summed E-state index contributed by atoms with van der Waals surface area (Å²) in [5.41, 5.74) is 4.14. The molecule has 6 nitrogen and oxygen atoms in total. The van der Waals surface area contributed by atoms with Gasteiger partial charge >= 0.3 is 0 Å². The highest BCUT2D eigenvalue weighted by Crippen LogP contribution is 2.16. The fourth-order valence-corrected chi connectivity index (χ4v) is 4.74. The zero-order chi connectivity index (χ0) is 22.7. The second kappa shape index (κ2) is 12.7. The SMILES string of the molecule is CN=C(NCc1ccccc1CN1CCOCC1)NCC1CCN(CCc2ccccc2)C1. The lowest BCUT2D eigenvalue weighted by Crippen LogP contribution is -2.40. The molecule has 2 aromatic carbocycles. The maximum Gasteiger partial charge on any atom is 0.191 e. The van der Waals surface area contributed by atoms with E-state index in [2.05, 4.69) is 80.0 Å². The Morgan fingerprint density at radius 3 is 2.48 bits per heavy atom. The van der Waals surface area contributed by atoms with Gasteiger partial charge in [0.1, 0.15) is 0 Å². The molecule has 6 heteroatoms. The zero-order valence-corrected chi connectivity index (χ0v) is 20.0. The first kappa shape index (κ1) is 23.7. The molecule has 0 saturated carbocycles. The second-order valence-corrected chi connectivity index (χ2v) is 9.15. The lowest BCUT2D eigenvalue weighted by atomic mass is 10.1. The molecule has 2 N–H and O–H groups in total. The van der Waals surface area contributed by atoms with Crippen molar-refractivity contribution in [2.45, 2.75) is 25.9 Å². The predicted octanol–water partition coefficient (Wildman–Crippen LogP) is 2.75. The third-order valence-electron chi connectivity index (χ3n) is 6.77. The van der Waals surface area contributed by atoms with Crippen LogP contribution in [0.5, 0.6) is 0 Å². The van der Waals surface area contributed by atoms with Gasteiger partial charge in [-0.2, -0.15) is 0 Å². The van der Waals surface area contributed by atoms with E-state index in [1.807, 2.05) is 7.05 Å². The Morgan fingerprint density at radius 2 is 1.70 bits per heavy atom. The van der Waals surface area contributed by atoms with Crippen molar-refractivity contribution < 1.29 is 4.74 Å². The molecule has 0 aliphatic carbocycles. The Kier molecular flexibility index (Phi) is 9.16. The van der Waals surface area contributed by atoms with Crippen LogP contribution in [-0.4, -0.2) is 75.3 Å². The number of morpholine rings is 1. The van der Waals surface area contributed by atoms with E-state index in [-0.39, 0.29) is 0 Å². The number of likely N-dealkylation sites (tertiary alicyclic amines) is 1. The van der Waals surface area contributed by atoms with E-state index >= 15 is 0 Å². The molecule has 0 radical (unpaired) electrons. The van der Waals surface area contributed by atoms with Crippen LogP contribution in [0.4, 0.5) is 0 Å². The Balaban J connectivity index is 1.19. The number of rotatable bonds is 9. The number of guanidine groups is 1. The van der Waals surface area contributed by atoms with E-state index in [0.717, 1.165) is 64.9 Å². The van der Waals surface area contributed by atoms with Gasteiger partial charge in [0, 0.05) is 52.9 Å². The van der Waals surface area contributed by atoms with Gasteiger partial charge in [0.25, 0.3) is 0 Å². The minimum absolute atomic E-state index is 0.674. The Bertz CT molecular complexity index is 866. The Labute approximate surface area is 199 Å². The van der Waals surface area contributed by atoms with E-state index in [0.29, 0.717) is 5.92 Å². The highest BCUT2D eigenvalue weighted by molar-refractivity contribution is 5.79. The van der Waals surface area contributed by atoms with Gasteiger partial charge in [-0.05, 0) is 42.0 Å². The molecule has 4 rings (SSSR count). The minimum Gasteiger partial charge on any atom is -0.379 e. The quantitative estimate of drug-likeness (QED) is 0.455. The molecule has 2 aromatic rings. The van der Waals surface area contributed by atoms with Gasteiger partial charge in [0.2, 0.25) is 0 Å². The summed E-state index contributed by atoms with van der Waals surface area (Å²) >= 11 is 0. The number of benzene rings is 2. The van der Waals surface area contributed by atoms with Crippen molar-refractivity contribution in [2.75, 3.05) is 59.5 Å².